The predicted molar refractivity (Wildman–Crippen MR) is 90.1 cm³/mol. The van der Waals surface area contributed by atoms with Crippen LogP contribution in [-0.2, 0) is 0 Å². The van der Waals surface area contributed by atoms with E-state index in [1.165, 1.54) is 12.0 Å². The quantitative estimate of drug-likeness (QED) is 0.925. The minimum atomic E-state index is 0.373. The molecule has 0 aromatic heterocycles. The van der Waals surface area contributed by atoms with Gasteiger partial charge in [0, 0.05) is 25.7 Å². The Labute approximate surface area is 134 Å². The van der Waals surface area contributed by atoms with E-state index in [4.69, 9.17) is 10.5 Å². The van der Waals surface area contributed by atoms with Gasteiger partial charge in [-0.1, -0.05) is 12.1 Å². The molecule has 0 bridgehead atoms. The Kier molecular flexibility index (Phi) is 5.01. The van der Waals surface area contributed by atoms with Crippen molar-refractivity contribution < 1.29 is 4.74 Å². The number of hydrogen-bond acceptors (Lipinski definition) is 4. The molecule has 1 aromatic carbocycles. The van der Waals surface area contributed by atoms with Gasteiger partial charge in [0.15, 0.2) is 0 Å². The van der Waals surface area contributed by atoms with Crippen LogP contribution in [0.2, 0.25) is 0 Å². The molecular weight excluding hydrogens is 274 g/mol. The summed E-state index contributed by atoms with van der Waals surface area (Å²) in [7, 11) is 4.38. The number of hydrogen-bond donors (Lipinski definition) is 1. The van der Waals surface area contributed by atoms with Crippen LogP contribution in [0.15, 0.2) is 24.3 Å². The minimum Gasteiger partial charge on any atom is -0.490 e. The Bertz CT molecular complexity index is 468. The molecule has 2 fully saturated rings. The van der Waals surface area contributed by atoms with Crippen LogP contribution in [0.1, 0.15) is 30.9 Å². The van der Waals surface area contributed by atoms with Crippen molar-refractivity contribution in [1.82, 2.24) is 9.80 Å². The maximum atomic E-state index is 6.13. The van der Waals surface area contributed by atoms with Crippen LogP contribution in [-0.4, -0.2) is 56.2 Å². The zero-order chi connectivity index (χ0) is 15.5. The smallest absolute Gasteiger partial charge is 0.119 e. The van der Waals surface area contributed by atoms with E-state index in [0.29, 0.717) is 18.1 Å². The second-order valence-corrected chi connectivity index (χ2v) is 6.98. The van der Waals surface area contributed by atoms with Gasteiger partial charge in [-0.15, -0.1) is 0 Å². The SMILES string of the molecule is CN1CCC(Oc2ccc(C3CC(CN)CN3C)cc2)CC1. The molecule has 2 aliphatic heterocycles. The van der Waals surface area contributed by atoms with Gasteiger partial charge in [0.2, 0.25) is 0 Å². The third-order valence-electron chi connectivity index (χ3n) is 5.20. The molecule has 0 radical (unpaired) electrons. The standard InChI is InChI=1S/C18H29N3O/c1-20-9-7-17(8-10-20)22-16-5-3-15(4-6-16)18-11-14(12-19)13-21(18)2/h3-6,14,17-18H,7-13,19H2,1-2H3. The molecule has 4 nitrogen and oxygen atoms in total. The lowest BCUT2D eigenvalue weighted by molar-refractivity contribution is 0.114. The highest BCUT2D eigenvalue weighted by molar-refractivity contribution is 5.30. The first-order chi connectivity index (χ1) is 10.7. The second kappa shape index (κ2) is 6.99. The van der Waals surface area contributed by atoms with Gasteiger partial charge in [-0.05, 0) is 63.5 Å². The van der Waals surface area contributed by atoms with Crippen molar-refractivity contribution in [2.75, 3.05) is 40.3 Å². The summed E-state index contributed by atoms with van der Waals surface area (Å²) >= 11 is 0. The van der Waals surface area contributed by atoms with Crippen LogP contribution in [0.4, 0.5) is 0 Å². The molecule has 0 aliphatic carbocycles. The maximum Gasteiger partial charge on any atom is 0.119 e. The first kappa shape index (κ1) is 15.8. The van der Waals surface area contributed by atoms with Crippen molar-refractivity contribution in [3.63, 3.8) is 0 Å². The van der Waals surface area contributed by atoms with Crippen LogP contribution in [0.25, 0.3) is 0 Å². The summed E-state index contributed by atoms with van der Waals surface area (Å²) in [5, 5.41) is 0. The summed E-state index contributed by atoms with van der Waals surface area (Å²) in [4.78, 5) is 4.79. The van der Waals surface area contributed by atoms with E-state index in [9.17, 15) is 0 Å². The summed E-state index contributed by atoms with van der Waals surface area (Å²) in [6.07, 6.45) is 3.80. The summed E-state index contributed by atoms with van der Waals surface area (Å²) in [5.74, 6) is 1.64. The van der Waals surface area contributed by atoms with E-state index >= 15 is 0 Å². The van der Waals surface area contributed by atoms with Gasteiger partial charge in [-0.25, -0.2) is 0 Å². The number of nitrogens with zero attached hydrogens (tertiary/aromatic N) is 2. The summed E-state index contributed by atoms with van der Waals surface area (Å²) < 4.78 is 6.13. The highest BCUT2D eigenvalue weighted by Gasteiger charge is 2.29. The zero-order valence-corrected chi connectivity index (χ0v) is 13.9. The van der Waals surface area contributed by atoms with Gasteiger partial charge in [0.25, 0.3) is 0 Å². The van der Waals surface area contributed by atoms with Crippen molar-refractivity contribution in [3.05, 3.63) is 29.8 Å². The summed E-state index contributed by atoms with van der Waals surface area (Å²) in [5.41, 5.74) is 7.21. The van der Waals surface area contributed by atoms with Crippen LogP contribution >= 0.6 is 0 Å². The van der Waals surface area contributed by atoms with E-state index in [1.54, 1.807) is 0 Å². The molecule has 2 unspecified atom stereocenters. The van der Waals surface area contributed by atoms with Crippen LogP contribution in [0.5, 0.6) is 5.75 Å². The van der Waals surface area contributed by atoms with Gasteiger partial charge in [0.05, 0.1) is 0 Å². The molecule has 2 saturated heterocycles. The van der Waals surface area contributed by atoms with Crippen molar-refractivity contribution in [2.24, 2.45) is 11.7 Å². The first-order valence-corrected chi connectivity index (χ1v) is 8.51. The van der Waals surface area contributed by atoms with Gasteiger partial charge in [0.1, 0.15) is 11.9 Å². The average molecular weight is 303 g/mol. The average Bonchev–Trinajstić information content (AvgIpc) is 2.91. The van der Waals surface area contributed by atoms with Crippen molar-refractivity contribution in [1.29, 1.82) is 0 Å². The molecule has 0 spiro atoms. The van der Waals surface area contributed by atoms with E-state index in [0.717, 1.165) is 44.8 Å². The van der Waals surface area contributed by atoms with Crippen molar-refractivity contribution in [2.45, 2.75) is 31.4 Å². The molecule has 4 heteroatoms. The second-order valence-electron chi connectivity index (χ2n) is 6.98. The summed E-state index contributed by atoms with van der Waals surface area (Å²) in [6, 6.07) is 9.23. The minimum absolute atomic E-state index is 0.373. The molecule has 0 amide bonds. The normalized spacial score (nSPS) is 28.1. The fraction of sp³-hybridized carbons (Fsp3) is 0.667. The summed E-state index contributed by atoms with van der Waals surface area (Å²) in [6.45, 7) is 4.17. The number of likely N-dealkylation sites (tertiary alicyclic amines) is 2. The van der Waals surface area contributed by atoms with Gasteiger partial charge in [-0.2, -0.15) is 0 Å². The Hall–Kier alpha value is -1.10. The number of nitrogens with two attached hydrogens (primary N) is 1. The van der Waals surface area contributed by atoms with E-state index < -0.39 is 0 Å². The fourth-order valence-corrected chi connectivity index (χ4v) is 3.73. The zero-order valence-electron chi connectivity index (χ0n) is 13.9. The third-order valence-corrected chi connectivity index (χ3v) is 5.20. The van der Waals surface area contributed by atoms with Crippen molar-refractivity contribution in [3.8, 4) is 5.75 Å². The molecule has 2 atom stereocenters. The Morgan fingerprint density at radius 1 is 1.14 bits per heavy atom. The monoisotopic (exact) mass is 303 g/mol. The fourth-order valence-electron chi connectivity index (χ4n) is 3.73. The van der Waals surface area contributed by atoms with Gasteiger partial charge < -0.3 is 15.4 Å². The van der Waals surface area contributed by atoms with Crippen LogP contribution in [0, 0.1) is 5.92 Å². The molecule has 2 N–H and O–H groups in total. The van der Waals surface area contributed by atoms with Crippen molar-refractivity contribution >= 4 is 0 Å². The maximum absolute atomic E-state index is 6.13. The predicted octanol–water partition coefficient (Wildman–Crippen LogP) is 2.11. The molecule has 22 heavy (non-hydrogen) atoms. The number of ether oxygens (including phenoxy) is 1. The third kappa shape index (κ3) is 3.62. The van der Waals surface area contributed by atoms with Crippen LogP contribution < -0.4 is 10.5 Å². The van der Waals surface area contributed by atoms with E-state index in [-0.39, 0.29) is 0 Å². The Balaban J connectivity index is 1.58. The van der Waals surface area contributed by atoms with Gasteiger partial charge in [-0.3, -0.25) is 4.90 Å². The molecule has 122 valence electrons. The molecular formula is C18H29N3O. The molecule has 2 heterocycles. The number of benzene rings is 1. The molecule has 3 rings (SSSR count). The molecule has 1 aromatic rings. The largest absolute Gasteiger partial charge is 0.490 e. The lowest BCUT2D eigenvalue weighted by atomic mass is 10.00. The number of rotatable bonds is 4. The topological polar surface area (TPSA) is 41.7 Å². The lowest BCUT2D eigenvalue weighted by Gasteiger charge is -2.29. The Morgan fingerprint density at radius 2 is 1.82 bits per heavy atom. The number of piperidine rings is 1. The highest BCUT2D eigenvalue weighted by Crippen LogP contribution is 2.34. The van der Waals surface area contributed by atoms with Crippen LogP contribution in [0.3, 0.4) is 0 Å². The Morgan fingerprint density at radius 3 is 2.41 bits per heavy atom. The first-order valence-electron chi connectivity index (χ1n) is 8.51. The van der Waals surface area contributed by atoms with E-state index in [2.05, 4.69) is 48.2 Å². The molecule has 2 aliphatic rings. The van der Waals surface area contributed by atoms with E-state index in [1.807, 2.05) is 0 Å². The highest BCUT2D eigenvalue weighted by atomic mass is 16.5. The van der Waals surface area contributed by atoms with Gasteiger partial charge >= 0.3 is 0 Å². The lowest BCUT2D eigenvalue weighted by Crippen LogP contribution is -2.35. The molecule has 0 saturated carbocycles.